The van der Waals surface area contributed by atoms with Crippen LogP contribution in [-0.4, -0.2) is 30.5 Å². The number of halogens is 3. The van der Waals surface area contributed by atoms with Crippen molar-refractivity contribution in [3.8, 4) is 21.9 Å². The minimum absolute atomic E-state index is 0.0659. The summed E-state index contributed by atoms with van der Waals surface area (Å²) in [4.78, 5) is 18.1. The van der Waals surface area contributed by atoms with Crippen LogP contribution in [0.3, 0.4) is 0 Å². The molecule has 0 fully saturated rings. The monoisotopic (exact) mass is 480 g/mol. The van der Waals surface area contributed by atoms with Gasteiger partial charge in [0.05, 0.1) is 27.5 Å². The molecule has 1 amide bonds. The van der Waals surface area contributed by atoms with Crippen molar-refractivity contribution in [2.45, 2.75) is 6.18 Å². The van der Waals surface area contributed by atoms with Crippen LogP contribution in [0.2, 0.25) is 0 Å². The zero-order valence-corrected chi connectivity index (χ0v) is 18.1. The Morgan fingerprint density at radius 2 is 1.82 bits per heavy atom. The van der Waals surface area contributed by atoms with Gasteiger partial charge in [0, 0.05) is 0 Å². The Kier molecular flexibility index (Phi) is 5.46. The van der Waals surface area contributed by atoms with Gasteiger partial charge in [-0.2, -0.15) is 23.4 Å². The molecule has 2 aromatic carbocycles. The highest BCUT2D eigenvalue weighted by Gasteiger charge is 2.31. The Morgan fingerprint density at radius 3 is 2.50 bits per heavy atom. The third-order valence-electron chi connectivity index (χ3n) is 4.95. The average molecular weight is 480 g/mol. The number of rotatable bonds is 5. The summed E-state index contributed by atoms with van der Waals surface area (Å²) < 4.78 is 42.9. The lowest BCUT2D eigenvalue weighted by atomic mass is 10.1. The number of carbonyl (C=O) groups excluding carboxylic acids is 1. The molecule has 0 unspecified atom stereocenters. The Hall–Kier alpha value is -4.25. The van der Waals surface area contributed by atoms with E-state index in [9.17, 15) is 18.0 Å². The maximum Gasteiger partial charge on any atom is 0.416 e. The molecule has 0 aliphatic heterocycles. The second-order valence-corrected chi connectivity index (χ2v) is 8.11. The van der Waals surface area contributed by atoms with Gasteiger partial charge in [0.2, 0.25) is 0 Å². The number of carbonyl (C=O) groups is 1. The SMILES string of the molecule is O=C(Nc1cc(C(F)(F)F)ccc1-n1cncn1)c1cc(-c2cccs2)nn1-c1ccccc1. The molecule has 3 heterocycles. The third-order valence-corrected chi connectivity index (χ3v) is 5.85. The van der Waals surface area contributed by atoms with E-state index in [0.717, 1.165) is 17.0 Å². The number of nitrogens with one attached hydrogen (secondary N) is 1. The molecule has 5 aromatic rings. The van der Waals surface area contributed by atoms with Crippen molar-refractivity contribution in [1.29, 1.82) is 0 Å². The normalized spacial score (nSPS) is 11.5. The molecule has 11 heteroatoms. The van der Waals surface area contributed by atoms with Gasteiger partial charge in [-0.15, -0.1) is 11.3 Å². The second kappa shape index (κ2) is 8.60. The van der Waals surface area contributed by atoms with Gasteiger partial charge in [-0.05, 0) is 47.8 Å². The number of para-hydroxylation sites is 1. The van der Waals surface area contributed by atoms with Crippen molar-refractivity contribution in [1.82, 2.24) is 24.5 Å². The molecular weight excluding hydrogens is 465 g/mol. The van der Waals surface area contributed by atoms with Crippen LogP contribution in [0.15, 0.2) is 84.8 Å². The van der Waals surface area contributed by atoms with E-state index in [0.29, 0.717) is 11.4 Å². The lowest BCUT2D eigenvalue weighted by Gasteiger charge is -2.15. The zero-order valence-electron chi connectivity index (χ0n) is 17.3. The second-order valence-electron chi connectivity index (χ2n) is 7.16. The van der Waals surface area contributed by atoms with E-state index in [1.54, 1.807) is 30.3 Å². The van der Waals surface area contributed by atoms with Gasteiger partial charge < -0.3 is 5.32 Å². The standard InChI is InChI=1S/C23H15F3N6OS/c24-23(25,26)15-8-9-19(31-14-27-13-28-31)17(11-15)29-22(33)20-12-18(21-7-4-10-34-21)30-32(20)16-5-2-1-3-6-16/h1-14H,(H,29,33). The fourth-order valence-corrected chi connectivity index (χ4v) is 4.07. The number of alkyl halides is 3. The van der Waals surface area contributed by atoms with Crippen molar-refractivity contribution in [2.75, 3.05) is 5.32 Å². The number of nitrogens with zero attached hydrogens (tertiary/aromatic N) is 5. The van der Waals surface area contributed by atoms with E-state index in [-0.39, 0.29) is 17.1 Å². The number of thiophene rings is 1. The highest BCUT2D eigenvalue weighted by molar-refractivity contribution is 7.13. The van der Waals surface area contributed by atoms with Crippen LogP contribution in [0.25, 0.3) is 21.9 Å². The minimum atomic E-state index is -4.58. The van der Waals surface area contributed by atoms with Crippen LogP contribution < -0.4 is 5.32 Å². The highest BCUT2D eigenvalue weighted by atomic mass is 32.1. The van der Waals surface area contributed by atoms with E-state index in [1.807, 2.05) is 23.6 Å². The summed E-state index contributed by atoms with van der Waals surface area (Å²) in [5.74, 6) is -0.625. The largest absolute Gasteiger partial charge is 0.416 e. The van der Waals surface area contributed by atoms with Gasteiger partial charge in [-0.1, -0.05) is 24.3 Å². The lowest BCUT2D eigenvalue weighted by Crippen LogP contribution is -2.19. The smallest absolute Gasteiger partial charge is 0.319 e. The fraction of sp³-hybridized carbons (Fsp3) is 0.0435. The first-order chi connectivity index (χ1) is 16.4. The maximum absolute atomic E-state index is 13.4. The average Bonchev–Trinajstić information content (AvgIpc) is 3.60. The van der Waals surface area contributed by atoms with E-state index < -0.39 is 17.6 Å². The molecule has 3 aromatic heterocycles. The summed E-state index contributed by atoms with van der Waals surface area (Å²) in [6.45, 7) is 0. The first-order valence-electron chi connectivity index (χ1n) is 9.97. The van der Waals surface area contributed by atoms with E-state index >= 15 is 0 Å². The van der Waals surface area contributed by atoms with Crippen LogP contribution in [0.5, 0.6) is 0 Å². The van der Waals surface area contributed by atoms with Gasteiger partial charge >= 0.3 is 6.18 Å². The predicted octanol–water partition coefficient (Wildman–Crippen LogP) is 5.45. The molecule has 34 heavy (non-hydrogen) atoms. The first-order valence-corrected chi connectivity index (χ1v) is 10.8. The van der Waals surface area contributed by atoms with Gasteiger partial charge in [-0.3, -0.25) is 4.79 Å². The maximum atomic E-state index is 13.4. The molecule has 0 radical (unpaired) electrons. The van der Waals surface area contributed by atoms with Crippen molar-refractivity contribution in [3.63, 3.8) is 0 Å². The molecule has 7 nitrogen and oxygen atoms in total. The first kappa shape index (κ1) is 21.6. The van der Waals surface area contributed by atoms with Crippen LogP contribution >= 0.6 is 11.3 Å². The van der Waals surface area contributed by atoms with Crippen molar-refractivity contribution >= 4 is 22.9 Å². The molecule has 0 aliphatic carbocycles. The Labute approximate surface area is 195 Å². The molecule has 0 atom stereocenters. The molecule has 1 N–H and O–H groups in total. The number of anilines is 1. The molecule has 0 saturated carbocycles. The summed E-state index contributed by atoms with van der Waals surface area (Å²) in [5.41, 5.74) is 0.645. The molecule has 0 aliphatic rings. The van der Waals surface area contributed by atoms with Crippen LogP contribution in [0.1, 0.15) is 16.1 Å². The van der Waals surface area contributed by atoms with Crippen LogP contribution in [-0.2, 0) is 6.18 Å². The molecular formula is C23H15F3N6OS. The number of amides is 1. The highest BCUT2D eigenvalue weighted by Crippen LogP contribution is 2.34. The van der Waals surface area contributed by atoms with Gasteiger partial charge in [0.25, 0.3) is 5.91 Å². The lowest BCUT2D eigenvalue weighted by molar-refractivity contribution is -0.137. The predicted molar refractivity (Wildman–Crippen MR) is 121 cm³/mol. The van der Waals surface area contributed by atoms with Crippen LogP contribution in [0, 0.1) is 0 Å². The van der Waals surface area contributed by atoms with Gasteiger partial charge in [0.15, 0.2) is 0 Å². The van der Waals surface area contributed by atoms with E-state index in [1.165, 1.54) is 39.4 Å². The van der Waals surface area contributed by atoms with Crippen molar-refractivity contribution in [2.24, 2.45) is 0 Å². The third kappa shape index (κ3) is 4.20. The van der Waals surface area contributed by atoms with Gasteiger partial charge in [0.1, 0.15) is 24.0 Å². The summed E-state index contributed by atoms with van der Waals surface area (Å²) in [6.07, 6.45) is -2.00. The molecule has 170 valence electrons. The van der Waals surface area contributed by atoms with Crippen molar-refractivity contribution in [3.05, 3.63) is 96.0 Å². The summed E-state index contributed by atoms with van der Waals surface area (Å²) in [6, 6.07) is 17.4. The number of hydrogen-bond acceptors (Lipinski definition) is 5. The van der Waals surface area contributed by atoms with E-state index in [2.05, 4.69) is 20.5 Å². The topological polar surface area (TPSA) is 77.6 Å². The molecule has 0 spiro atoms. The number of benzene rings is 2. The molecule has 5 rings (SSSR count). The fourth-order valence-electron chi connectivity index (χ4n) is 3.38. The molecule has 0 bridgehead atoms. The summed E-state index contributed by atoms with van der Waals surface area (Å²) >= 11 is 1.46. The van der Waals surface area contributed by atoms with Crippen molar-refractivity contribution < 1.29 is 18.0 Å². The zero-order chi connectivity index (χ0) is 23.7. The Balaban J connectivity index is 1.58. The Bertz CT molecular complexity index is 1430. The number of hydrogen-bond donors (Lipinski definition) is 1. The summed E-state index contributed by atoms with van der Waals surface area (Å²) in [7, 11) is 0. The summed E-state index contributed by atoms with van der Waals surface area (Å²) in [5, 5.41) is 13.1. The quantitative estimate of drug-likeness (QED) is 0.363. The number of aromatic nitrogens is 5. The van der Waals surface area contributed by atoms with E-state index in [4.69, 9.17) is 0 Å². The minimum Gasteiger partial charge on any atom is -0.319 e. The van der Waals surface area contributed by atoms with Gasteiger partial charge in [-0.25, -0.2) is 14.3 Å². The Morgan fingerprint density at radius 1 is 1.00 bits per heavy atom. The molecule has 0 saturated heterocycles. The van der Waals surface area contributed by atoms with Crippen LogP contribution in [0.4, 0.5) is 18.9 Å².